The summed E-state index contributed by atoms with van der Waals surface area (Å²) in [5.74, 6) is 0.734. The maximum absolute atomic E-state index is 11.9. The summed E-state index contributed by atoms with van der Waals surface area (Å²) in [5, 5.41) is 0. The van der Waals surface area contributed by atoms with Gasteiger partial charge in [0.15, 0.2) is 0 Å². The van der Waals surface area contributed by atoms with Gasteiger partial charge in [0.25, 0.3) is 0 Å². The van der Waals surface area contributed by atoms with Crippen molar-refractivity contribution in [3.05, 3.63) is 70.8 Å². The van der Waals surface area contributed by atoms with Gasteiger partial charge in [0.2, 0.25) is 7.23 Å². The molecule has 106 valence electrons. The first kappa shape index (κ1) is 15.4. The van der Waals surface area contributed by atoms with Crippen molar-refractivity contribution in [3.63, 3.8) is 0 Å². The molecule has 2 rings (SSSR count). The summed E-state index contributed by atoms with van der Waals surface area (Å²) >= 11 is 1.39. The zero-order chi connectivity index (χ0) is 14.4. The molecule has 0 spiro atoms. The van der Waals surface area contributed by atoms with E-state index in [9.17, 15) is 4.57 Å². The van der Waals surface area contributed by atoms with E-state index in [-0.39, 0.29) is 0 Å². The summed E-state index contributed by atoms with van der Waals surface area (Å²) in [6.45, 7) is 4.53. The average Bonchev–Trinajstić information content (AvgIpc) is 2.45. The molecule has 0 aliphatic carbocycles. The zero-order valence-corrected chi connectivity index (χ0v) is 13.6. The molecule has 1 atom stereocenters. The Balaban J connectivity index is 1.82. The summed E-state index contributed by atoms with van der Waals surface area (Å²) in [6.07, 6.45) is 0. The molecular weight excluding hydrogens is 287 g/mol. The van der Waals surface area contributed by atoms with Gasteiger partial charge in [-0.25, -0.2) is 0 Å². The molecule has 0 fully saturated rings. The molecule has 20 heavy (non-hydrogen) atoms. The van der Waals surface area contributed by atoms with E-state index in [0.29, 0.717) is 6.61 Å². The lowest BCUT2D eigenvalue weighted by molar-refractivity contribution is 0.328. The Hall–Kier alpha value is -1.02. The Morgan fingerprint density at radius 3 is 2.10 bits per heavy atom. The van der Waals surface area contributed by atoms with Gasteiger partial charge in [0, 0.05) is 5.75 Å². The second kappa shape index (κ2) is 7.68. The fraction of sp³-hybridized carbons (Fsp3) is 0.250. The van der Waals surface area contributed by atoms with Crippen molar-refractivity contribution in [2.24, 2.45) is 0 Å². The molecule has 0 heterocycles. The standard InChI is InChI=1S/C16H19O2PS/c1-13-7-3-5-9-15(13)11-18-19(17)20-12-16-10-6-4-8-14(16)2/h3-10,19H,11-12H2,1-2H3. The van der Waals surface area contributed by atoms with Crippen molar-refractivity contribution >= 4 is 18.6 Å². The third-order valence-corrected chi connectivity index (χ3v) is 5.78. The summed E-state index contributed by atoms with van der Waals surface area (Å²) in [5.41, 5.74) is 4.72. The van der Waals surface area contributed by atoms with Gasteiger partial charge in [0.05, 0.1) is 6.61 Å². The first-order valence-corrected chi connectivity index (χ1v) is 9.58. The van der Waals surface area contributed by atoms with Crippen molar-refractivity contribution in [2.45, 2.75) is 26.2 Å². The molecule has 2 aromatic carbocycles. The summed E-state index contributed by atoms with van der Waals surface area (Å²) in [7, 11) is -2.05. The molecule has 1 unspecified atom stereocenters. The quantitative estimate of drug-likeness (QED) is 0.691. The lowest BCUT2D eigenvalue weighted by atomic mass is 10.1. The Morgan fingerprint density at radius 1 is 0.950 bits per heavy atom. The molecule has 4 heteroatoms. The van der Waals surface area contributed by atoms with Crippen LogP contribution >= 0.6 is 18.6 Å². The van der Waals surface area contributed by atoms with Crippen molar-refractivity contribution < 1.29 is 9.09 Å². The summed E-state index contributed by atoms with van der Waals surface area (Å²) in [6, 6.07) is 16.2. The predicted molar refractivity (Wildman–Crippen MR) is 87.4 cm³/mol. The van der Waals surface area contributed by atoms with E-state index in [1.807, 2.05) is 43.3 Å². The van der Waals surface area contributed by atoms with E-state index < -0.39 is 7.23 Å². The minimum Gasteiger partial charge on any atom is -0.318 e. The van der Waals surface area contributed by atoms with Gasteiger partial charge >= 0.3 is 0 Å². The summed E-state index contributed by atoms with van der Waals surface area (Å²) in [4.78, 5) is 0. The third kappa shape index (κ3) is 4.52. The predicted octanol–water partition coefficient (Wildman–Crippen LogP) is 5.14. The number of aryl methyl sites for hydroxylation is 2. The minimum atomic E-state index is -2.05. The Kier molecular flexibility index (Phi) is 5.90. The molecule has 0 bridgehead atoms. The molecule has 0 aliphatic heterocycles. The molecule has 0 aliphatic rings. The highest BCUT2D eigenvalue weighted by Gasteiger charge is 2.05. The molecule has 0 saturated heterocycles. The largest absolute Gasteiger partial charge is 0.318 e. The van der Waals surface area contributed by atoms with E-state index in [1.54, 1.807) is 0 Å². The van der Waals surface area contributed by atoms with Crippen molar-refractivity contribution in [3.8, 4) is 0 Å². The Labute approximate surface area is 125 Å². The molecule has 0 amide bonds. The summed E-state index contributed by atoms with van der Waals surface area (Å²) < 4.78 is 17.4. The highest BCUT2D eigenvalue weighted by Crippen LogP contribution is 2.42. The number of rotatable bonds is 6. The SMILES string of the molecule is Cc1ccccc1CO[PH](=O)SCc1ccccc1C. The van der Waals surface area contributed by atoms with Crippen molar-refractivity contribution in [1.82, 2.24) is 0 Å². The second-order valence-electron chi connectivity index (χ2n) is 4.68. The van der Waals surface area contributed by atoms with E-state index in [4.69, 9.17) is 4.52 Å². The van der Waals surface area contributed by atoms with Crippen molar-refractivity contribution in [1.29, 1.82) is 0 Å². The van der Waals surface area contributed by atoms with Gasteiger partial charge in [-0.1, -0.05) is 59.9 Å². The molecule has 0 N–H and O–H groups in total. The molecule has 0 saturated carbocycles. The van der Waals surface area contributed by atoms with E-state index >= 15 is 0 Å². The van der Waals surface area contributed by atoms with Crippen LogP contribution in [0.3, 0.4) is 0 Å². The van der Waals surface area contributed by atoms with Gasteiger partial charge in [-0.3, -0.25) is 4.57 Å². The number of benzene rings is 2. The fourth-order valence-electron chi connectivity index (χ4n) is 1.86. The lowest BCUT2D eigenvalue weighted by Gasteiger charge is -2.08. The van der Waals surface area contributed by atoms with Crippen LogP contribution in [0.15, 0.2) is 48.5 Å². The molecule has 0 aromatic heterocycles. The average molecular weight is 306 g/mol. The van der Waals surface area contributed by atoms with Gasteiger partial charge in [0.1, 0.15) is 0 Å². The maximum atomic E-state index is 11.9. The highest BCUT2D eigenvalue weighted by atomic mass is 32.7. The normalized spacial score (nSPS) is 12.3. The highest BCUT2D eigenvalue weighted by molar-refractivity contribution is 8.49. The van der Waals surface area contributed by atoms with Crippen LogP contribution in [0, 0.1) is 13.8 Å². The van der Waals surface area contributed by atoms with E-state index in [2.05, 4.69) is 19.1 Å². The van der Waals surface area contributed by atoms with E-state index in [0.717, 1.165) is 11.3 Å². The van der Waals surface area contributed by atoms with Gasteiger partial charge in [-0.05, 0) is 36.1 Å². The van der Waals surface area contributed by atoms with Gasteiger partial charge in [-0.2, -0.15) is 0 Å². The Bertz CT molecular complexity index is 547. The zero-order valence-electron chi connectivity index (χ0n) is 11.8. The van der Waals surface area contributed by atoms with Crippen LogP contribution in [0.2, 0.25) is 0 Å². The monoisotopic (exact) mass is 306 g/mol. The maximum Gasteiger partial charge on any atom is 0.246 e. The van der Waals surface area contributed by atoms with Crippen LogP contribution in [0.5, 0.6) is 0 Å². The fourth-order valence-corrected chi connectivity index (χ4v) is 4.06. The molecule has 0 radical (unpaired) electrons. The molecule has 2 aromatic rings. The Morgan fingerprint density at radius 2 is 1.50 bits per heavy atom. The van der Waals surface area contributed by atoms with Crippen LogP contribution in [0.1, 0.15) is 22.3 Å². The topological polar surface area (TPSA) is 26.3 Å². The lowest BCUT2D eigenvalue weighted by Crippen LogP contribution is -1.89. The number of hydrogen-bond acceptors (Lipinski definition) is 3. The van der Waals surface area contributed by atoms with Crippen LogP contribution in [-0.2, 0) is 21.4 Å². The smallest absolute Gasteiger partial charge is 0.246 e. The van der Waals surface area contributed by atoms with Crippen LogP contribution in [-0.4, -0.2) is 0 Å². The first-order chi connectivity index (χ1) is 9.66. The first-order valence-electron chi connectivity index (χ1n) is 6.55. The third-order valence-electron chi connectivity index (χ3n) is 3.21. The van der Waals surface area contributed by atoms with Crippen LogP contribution in [0.25, 0.3) is 0 Å². The minimum absolute atomic E-state index is 0.422. The van der Waals surface area contributed by atoms with Gasteiger partial charge in [-0.15, -0.1) is 0 Å². The number of hydrogen-bond donors (Lipinski definition) is 0. The van der Waals surface area contributed by atoms with Crippen molar-refractivity contribution in [2.75, 3.05) is 0 Å². The van der Waals surface area contributed by atoms with Crippen LogP contribution < -0.4 is 0 Å². The second-order valence-corrected chi connectivity index (χ2v) is 7.91. The van der Waals surface area contributed by atoms with Crippen LogP contribution in [0.4, 0.5) is 0 Å². The van der Waals surface area contributed by atoms with E-state index in [1.165, 1.54) is 28.1 Å². The molecular formula is C16H19O2PS. The molecule has 2 nitrogen and oxygen atoms in total. The van der Waals surface area contributed by atoms with Gasteiger partial charge < -0.3 is 4.52 Å².